The molecule has 1 aliphatic heterocycles. The van der Waals surface area contributed by atoms with E-state index >= 15 is 0 Å². The highest BCUT2D eigenvalue weighted by atomic mass is 32.1. The first-order valence-corrected chi connectivity index (χ1v) is 8.51. The number of thiophene rings is 1. The van der Waals surface area contributed by atoms with Crippen LogP contribution in [0.1, 0.15) is 32.9 Å². The fraction of sp³-hybridized carbons (Fsp3) is 0.294. The van der Waals surface area contributed by atoms with E-state index in [1.807, 2.05) is 11.4 Å². The molecule has 126 valence electrons. The lowest BCUT2D eigenvalue weighted by Gasteiger charge is -2.32. The van der Waals surface area contributed by atoms with Crippen LogP contribution in [-0.4, -0.2) is 35.8 Å². The van der Waals surface area contributed by atoms with E-state index in [0.717, 1.165) is 12.1 Å². The number of nitrogens with one attached hydrogen (secondary N) is 1. The Balaban J connectivity index is 1.55. The van der Waals surface area contributed by atoms with Crippen LogP contribution in [0.15, 0.2) is 35.7 Å². The van der Waals surface area contributed by atoms with Gasteiger partial charge in [-0.1, -0.05) is 6.07 Å². The lowest BCUT2D eigenvalue weighted by atomic mass is 10.0. The highest BCUT2D eigenvalue weighted by Crippen LogP contribution is 2.18. The smallest absolute Gasteiger partial charge is 0.263 e. The maximum atomic E-state index is 13.6. The molecule has 3 rings (SSSR count). The number of hydrogen-bond acceptors (Lipinski definition) is 3. The van der Waals surface area contributed by atoms with Crippen LogP contribution in [0.2, 0.25) is 0 Å². The first kappa shape index (κ1) is 16.6. The van der Waals surface area contributed by atoms with Crippen molar-refractivity contribution in [1.82, 2.24) is 10.2 Å². The maximum Gasteiger partial charge on any atom is 0.263 e. The molecule has 0 saturated carbocycles. The Labute approximate surface area is 142 Å². The minimum Gasteiger partial charge on any atom is -0.349 e. The largest absolute Gasteiger partial charge is 0.349 e. The van der Waals surface area contributed by atoms with E-state index in [9.17, 15) is 18.4 Å². The predicted octanol–water partition coefficient (Wildman–Crippen LogP) is 3.06. The Morgan fingerprint density at radius 2 is 1.92 bits per heavy atom. The fourth-order valence-corrected chi connectivity index (χ4v) is 3.41. The van der Waals surface area contributed by atoms with Crippen LogP contribution in [0.3, 0.4) is 0 Å². The summed E-state index contributed by atoms with van der Waals surface area (Å²) < 4.78 is 26.5. The van der Waals surface area contributed by atoms with Gasteiger partial charge in [-0.2, -0.15) is 0 Å². The Hall–Kier alpha value is -2.28. The molecular formula is C17H16F2N2O2S. The monoisotopic (exact) mass is 350 g/mol. The van der Waals surface area contributed by atoms with Crippen LogP contribution in [0.5, 0.6) is 0 Å². The number of piperidine rings is 1. The highest BCUT2D eigenvalue weighted by Gasteiger charge is 2.25. The maximum absolute atomic E-state index is 13.6. The van der Waals surface area contributed by atoms with Gasteiger partial charge in [0.25, 0.3) is 11.8 Å². The zero-order valence-corrected chi connectivity index (χ0v) is 13.6. The standard InChI is InChI=1S/C17H16F2N2O2S/c18-11-3-4-13(14(19)10-11)16(22)20-12-5-7-21(8-6-12)17(23)15-2-1-9-24-15/h1-4,9-10,12H,5-8H2,(H,20,22). The summed E-state index contributed by atoms with van der Waals surface area (Å²) in [5.41, 5.74) is -0.173. The molecule has 0 unspecified atom stereocenters. The van der Waals surface area contributed by atoms with Gasteiger partial charge in [-0.25, -0.2) is 8.78 Å². The van der Waals surface area contributed by atoms with E-state index in [1.54, 1.807) is 11.0 Å². The van der Waals surface area contributed by atoms with E-state index in [4.69, 9.17) is 0 Å². The van der Waals surface area contributed by atoms with Crippen LogP contribution in [-0.2, 0) is 0 Å². The van der Waals surface area contributed by atoms with Crippen LogP contribution in [0.25, 0.3) is 0 Å². The summed E-state index contributed by atoms with van der Waals surface area (Å²) in [6.07, 6.45) is 1.21. The van der Waals surface area contributed by atoms with Gasteiger partial charge in [0.1, 0.15) is 11.6 Å². The SMILES string of the molecule is O=C(NC1CCN(C(=O)c2cccs2)CC1)c1ccc(F)cc1F. The topological polar surface area (TPSA) is 49.4 Å². The zero-order valence-electron chi connectivity index (χ0n) is 12.8. The van der Waals surface area contributed by atoms with E-state index < -0.39 is 17.5 Å². The third-order valence-corrected chi connectivity index (χ3v) is 4.88. The lowest BCUT2D eigenvalue weighted by molar-refractivity contribution is 0.0702. The summed E-state index contributed by atoms with van der Waals surface area (Å²) in [7, 11) is 0. The van der Waals surface area contributed by atoms with Crippen molar-refractivity contribution in [2.75, 3.05) is 13.1 Å². The summed E-state index contributed by atoms with van der Waals surface area (Å²) >= 11 is 1.40. The van der Waals surface area contributed by atoms with Gasteiger partial charge in [-0.3, -0.25) is 9.59 Å². The average molecular weight is 350 g/mol. The third kappa shape index (κ3) is 3.62. The summed E-state index contributed by atoms with van der Waals surface area (Å²) in [6, 6.07) is 6.38. The van der Waals surface area contributed by atoms with Gasteiger partial charge in [0.15, 0.2) is 0 Å². The van der Waals surface area contributed by atoms with Crippen LogP contribution in [0, 0.1) is 11.6 Å². The second kappa shape index (κ2) is 7.09. The molecule has 0 spiro atoms. The molecular weight excluding hydrogens is 334 g/mol. The average Bonchev–Trinajstić information content (AvgIpc) is 3.09. The van der Waals surface area contributed by atoms with Gasteiger partial charge in [0.05, 0.1) is 10.4 Å². The number of nitrogens with zero attached hydrogens (tertiary/aromatic N) is 1. The van der Waals surface area contributed by atoms with Gasteiger partial charge in [-0.05, 0) is 36.4 Å². The fourth-order valence-electron chi connectivity index (χ4n) is 2.72. The molecule has 7 heteroatoms. The zero-order chi connectivity index (χ0) is 17.1. The van der Waals surface area contributed by atoms with Crippen molar-refractivity contribution < 1.29 is 18.4 Å². The Bertz CT molecular complexity index is 741. The molecule has 0 atom stereocenters. The number of carbonyl (C=O) groups excluding carboxylic acids is 2. The van der Waals surface area contributed by atoms with Gasteiger partial charge in [0, 0.05) is 25.2 Å². The first-order valence-electron chi connectivity index (χ1n) is 7.63. The molecule has 2 aromatic rings. The van der Waals surface area contributed by atoms with Crippen molar-refractivity contribution in [1.29, 1.82) is 0 Å². The van der Waals surface area contributed by atoms with E-state index in [-0.39, 0.29) is 17.5 Å². The molecule has 4 nitrogen and oxygen atoms in total. The molecule has 1 aromatic heterocycles. The summed E-state index contributed by atoms with van der Waals surface area (Å²) in [6.45, 7) is 1.07. The number of halogens is 2. The predicted molar refractivity (Wildman–Crippen MR) is 87.1 cm³/mol. The highest BCUT2D eigenvalue weighted by molar-refractivity contribution is 7.12. The lowest BCUT2D eigenvalue weighted by Crippen LogP contribution is -2.46. The summed E-state index contributed by atoms with van der Waals surface area (Å²) in [5, 5.41) is 4.61. The quantitative estimate of drug-likeness (QED) is 0.925. The van der Waals surface area contributed by atoms with Crippen molar-refractivity contribution in [3.63, 3.8) is 0 Å². The van der Waals surface area contributed by atoms with Crippen LogP contribution >= 0.6 is 11.3 Å². The molecule has 1 fully saturated rings. The molecule has 0 aliphatic carbocycles. The van der Waals surface area contributed by atoms with Crippen LogP contribution in [0.4, 0.5) is 8.78 Å². The van der Waals surface area contributed by atoms with Crippen molar-refractivity contribution in [2.45, 2.75) is 18.9 Å². The first-order chi connectivity index (χ1) is 11.5. The number of likely N-dealkylation sites (tertiary alicyclic amines) is 1. The molecule has 0 bridgehead atoms. The van der Waals surface area contributed by atoms with E-state index in [0.29, 0.717) is 36.9 Å². The van der Waals surface area contributed by atoms with Gasteiger partial charge < -0.3 is 10.2 Å². The number of amides is 2. The second-order valence-corrected chi connectivity index (χ2v) is 6.59. The molecule has 1 aromatic carbocycles. The summed E-state index contributed by atoms with van der Waals surface area (Å²) in [5.74, 6) is -2.16. The third-order valence-electron chi connectivity index (χ3n) is 4.03. The molecule has 0 radical (unpaired) electrons. The minimum atomic E-state index is -0.877. The van der Waals surface area contributed by atoms with Crippen molar-refractivity contribution in [2.24, 2.45) is 0 Å². The van der Waals surface area contributed by atoms with Crippen molar-refractivity contribution >= 4 is 23.2 Å². The Morgan fingerprint density at radius 1 is 1.17 bits per heavy atom. The van der Waals surface area contributed by atoms with Gasteiger partial charge in [-0.15, -0.1) is 11.3 Å². The summed E-state index contributed by atoms with van der Waals surface area (Å²) in [4.78, 5) is 26.8. The molecule has 2 heterocycles. The normalized spacial score (nSPS) is 15.3. The molecule has 1 N–H and O–H groups in total. The van der Waals surface area contributed by atoms with Crippen LogP contribution < -0.4 is 5.32 Å². The van der Waals surface area contributed by atoms with Gasteiger partial charge in [0.2, 0.25) is 0 Å². The Kier molecular flexibility index (Phi) is 4.89. The van der Waals surface area contributed by atoms with E-state index in [1.165, 1.54) is 11.3 Å². The molecule has 2 amide bonds. The number of hydrogen-bond donors (Lipinski definition) is 1. The molecule has 24 heavy (non-hydrogen) atoms. The Morgan fingerprint density at radius 3 is 2.54 bits per heavy atom. The van der Waals surface area contributed by atoms with Crippen molar-refractivity contribution in [3.05, 3.63) is 57.8 Å². The number of carbonyl (C=O) groups is 2. The van der Waals surface area contributed by atoms with E-state index in [2.05, 4.69) is 5.32 Å². The molecule has 1 saturated heterocycles. The number of benzene rings is 1. The van der Waals surface area contributed by atoms with Crippen molar-refractivity contribution in [3.8, 4) is 0 Å². The number of rotatable bonds is 3. The van der Waals surface area contributed by atoms with Gasteiger partial charge >= 0.3 is 0 Å². The second-order valence-electron chi connectivity index (χ2n) is 5.64. The minimum absolute atomic E-state index is 0.000597. The molecule has 1 aliphatic rings.